The normalized spacial score (nSPS) is 18.2. The highest BCUT2D eigenvalue weighted by molar-refractivity contribution is 5.79. The molecule has 2 aromatic rings. The number of amides is 1. The number of halogens is 3. The van der Waals surface area contributed by atoms with Crippen LogP contribution in [0.5, 0.6) is 0 Å². The quantitative estimate of drug-likeness (QED) is 0.870. The maximum absolute atomic E-state index is 12.8. The number of piperidine rings is 1. The molecule has 1 aromatic heterocycles. The Kier molecular flexibility index (Phi) is 5.09. The standard InChI is InChI=1S/C19H22F3N5O/c20-19(21,22)15-3-1-2-13(10-15)11-17(28)26-7-4-14(5-8-26)18-25-24-16-12-23-6-9-27(16)18/h1-3,10,14,23H,4-9,11-12H2. The molecule has 1 fully saturated rings. The van der Waals surface area contributed by atoms with Crippen LogP contribution in [0, 0.1) is 0 Å². The lowest BCUT2D eigenvalue weighted by Gasteiger charge is -2.32. The first-order chi connectivity index (χ1) is 13.4. The second kappa shape index (κ2) is 7.54. The molecular weight excluding hydrogens is 371 g/mol. The molecule has 0 spiro atoms. The van der Waals surface area contributed by atoms with Crippen molar-refractivity contribution in [3.63, 3.8) is 0 Å². The summed E-state index contributed by atoms with van der Waals surface area (Å²) in [5.41, 5.74) is -0.330. The maximum atomic E-state index is 12.8. The number of nitrogens with one attached hydrogen (secondary N) is 1. The average molecular weight is 393 g/mol. The topological polar surface area (TPSA) is 63.1 Å². The van der Waals surface area contributed by atoms with Gasteiger partial charge in [-0.1, -0.05) is 18.2 Å². The van der Waals surface area contributed by atoms with Gasteiger partial charge in [0.1, 0.15) is 11.6 Å². The van der Waals surface area contributed by atoms with Gasteiger partial charge in [-0.15, -0.1) is 10.2 Å². The molecule has 0 radical (unpaired) electrons. The van der Waals surface area contributed by atoms with Crippen LogP contribution >= 0.6 is 0 Å². The molecule has 0 unspecified atom stereocenters. The van der Waals surface area contributed by atoms with Crippen LogP contribution < -0.4 is 5.32 Å². The second-order valence-electron chi connectivity index (χ2n) is 7.33. The fourth-order valence-electron chi connectivity index (χ4n) is 3.95. The number of likely N-dealkylation sites (tertiary alicyclic amines) is 1. The summed E-state index contributed by atoms with van der Waals surface area (Å²) < 4.78 is 40.7. The van der Waals surface area contributed by atoms with Crippen LogP contribution in [0.3, 0.4) is 0 Å². The van der Waals surface area contributed by atoms with Crippen molar-refractivity contribution < 1.29 is 18.0 Å². The van der Waals surface area contributed by atoms with Gasteiger partial charge in [-0.25, -0.2) is 0 Å². The molecule has 2 aliphatic heterocycles. The summed E-state index contributed by atoms with van der Waals surface area (Å²) in [6.07, 6.45) is -2.83. The molecule has 9 heteroatoms. The molecule has 1 amide bonds. The van der Waals surface area contributed by atoms with Crippen molar-refractivity contribution in [1.29, 1.82) is 0 Å². The highest BCUT2D eigenvalue weighted by Crippen LogP contribution is 2.30. The van der Waals surface area contributed by atoms with Gasteiger partial charge >= 0.3 is 6.18 Å². The minimum absolute atomic E-state index is 0.0133. The second-order valence-corrected chi connectivity index (χ2v) is 7.33. The van der Waals surface area contributed by atoms with Gasteiger partial charge < -0.3 is 14.8 Å². The molecule has 0 atom stereocenters. The maximum Gasteiger partial charge on any atom is 0.416 e. The summed E-state index contributed by atoms with van der Waals surface area (Å²) in [6, 6.07) is 4.99. The van der Waals surface area contributed by atoms with E-state index in [9.17, 15) is 18.0 Å². The Morgan fingerprint density at radius 2 is 1.96 bits per heavy atom. The third-order valence-electron chi connectivity index (χ3n) is 5.47. The van der Waals surface area contributed by atoms with Gasteiger partial charge in [0.25, 0.3) is 0 Å². The lowest BCUT2D eigenvalue weighted by Crippen LogP contribution is -2.39. The third-order valence-corrected chi connectivity index (χ3v) is 5.47. The van der Waals surface area contributed by atoms with Crippen LogP contribution in [-0.2, 0) is 30.5 Å². The molecule has 1 N–H and O–H groups in total. The largest absolute Gasteiger partial charge is 0.416 e. The molecule has 150 valence electrons. The minimum atomic E-state index is -4.40. The van der Waals surface area contributed by atoms with Crippen LogP contribution in [0.4, 0.5) is 13.2 Å². The van der Waals surface area contributed by atoms with Crippen molar-refractivity contribution in [2.24, 2.45) is 0 Å². The fourth-order valence-corrected chi connectivity index (χ4v) is 3.95. The van der Waals surface area contributed by atoms with E-state index in [0.717, 1.165) is 56.3 Å². The van der Waals surface area contributed by atoms with Crippen molar-refractivity contribution in [3.05, 3.63) is 47.0 Å². The van der Waals surface area contributed by atoms with Gasteiger partial charge in [-0.2, -0.15) is 13.2 Å². The van der Waals surface area contributed by atoms with E-state index in [1.807, 2.05) is 0 Å². The SMILES string of the molecule is O=C(Cc1cccc(C(F)(F)F)c1)N1CCC(c2nnc3n2CCNC3)CC1. The number of aromatic nitrogens is 3. The summed E-state index contributed by atoms with van der Waals surface area (Å²) in [4.78, 5) is 14.3. The van der Waals surface area contributed by atoms with Crippen molar-refractivity contribution in [1.82, 2.24) is 25.0 Å². The van der Waals surface area contributed by atoms with Gasteiger partial charge in [0.05, 0.1) is 18.5 Å². The first-order valence-corrected chi connectivity index (χ1v) is 9.48. The molecule has 0 saturated carbocycles. The number of benzene rings is 1. The number of hydrogen-bond acceptors (Lipinski definition) is 4. The predicted molar refractivity (Wildman–Crippen MR) is 95.4 cm³/mol. The summed E-state index contributed by atoms with van der Waals surface area (Å²) >= 11 is 0. The van der Waals surface area contributed by atoms with Crippen molar-refractivity contribution in [2.45, 2.75) is 44.4 Å². The lowest BCUT2D eigenvalue weighted by molar-refractivity contribution is -0.138. The predicted octanol–water partition coefficient (Wildman–Crippen LogP) is 2.35. The van der Waals surface area contributed by atoms with E-state index in [4.69, 9.17) is 0 Å². The van der Waals surface area contributed by atoms with E-state index in [0.29, 0.717) is 18.7 Å². The first-order valence-electron chi connectivity index (χ1n) is 9.48. The number of hydrogen-bond donors (Lipinski definition) is 1. The van der Waals surface area contributed by atoms with Gasteiger partial charge in [0.15, 0.2) is 0 Å². The number of carbonyl (C=O) groups is 1. The monoisotopic (exact) mass is 393 g/mol. The van der Waals surface area contributed by atoms with Gasteiger partial charge in [0.2, 0.25) is 5.91 Å². The Hall–Kier alpha value is -2.42. The summed E-state index contributed by atoms with van der Waals surface area (Å²) in [5, 5.41) is 11.9. The van der Waals surface area contributed by atoms with E-state index < -0.39 is 11.7 Å². The van der Waals surface area contributed by atoms with Crippen LogP contribution in [0.25, 0.3) is 0 Å². The number of fused-ring (bicyclic) bond motifs is 1. The molecule has 0 bridgehead atoms. The van der Waals surface area contributed by atoms with Crippen molar-refractivity contribution in [3.8, 4) is 0 Å². The van der Waals surface area contributed by atoms with Gasteiger partial charge in [0, 0.05) is 32.1 Å². The van der Waals surface area contributed by atoms with E-state index in [1.165, 1.54) is 6.07 Å². The Morgan fingerprint density at radius 1 is 1.18 bits per heavy atom. The van der Waals surface area contributed by atoms with E-state index >= 15 is 0 Å². The lowest BCUT2D eigenvalue weighted by atomic mass is 9.95. The zero-order valence-electron chi connectivity index (χ0n) is 15.4. The first kappa shape index (κ1) is 18.9. The molecule has 1 saturated heterocycles. The highest BCUT2D eigenvalue weighted by atomic mass is 19.4. The number of nitrogens with zero attached hydrogens (tertiary/aromatic N) is 4. The summed E-state index contributed by atoms with van der Waals surface area (Å²) in [5.74, 6) is 2.06. The molecule has 1 aromatic carbocycles. The summed E-state index contributed by atoms with van der Waals surface area (Å²) in [7, 11) is 0. The fraction of sp³-hybridized carbons (Fsp3) is 0.526. The van der Waals surface area contributed by atoms with Gasteiger partial charge in [-0.3, -0.25) is 4.79 Å². The molecule has 4 rings (SSSR count). The average Bonchev–Trinajstić information content (AvgIpc) is 3.12. The molecule has 2 aliphatic rings. The molecule has 3 heterocycles. The number of rotatable bonds is 3. The van der Waals surface area contributed by atoms with Gasteiger partial charge in [-0.05, 0) is 24.5 Å². The highest BCUT2D eigenvalue weighted by Gasteiger charge is 2.31. The van der Waals surface area contributed by atoms with Crippen LogP contribution in [0.15, 0.2) is 24.3 Å². The van der Waals surface area contributed by atoms with E-state index in [2.05, 4.69) is 20.1 Å². The van der Waals surface area contributed by atoms with Crippen LogP contribution in [0.2, 0.25) is 0 Å². The minimum Gasteiger partial charge on any atom is -0.342 e. The number of carbonyl (C=O) groups excluding carboxylic acids is 1. The molecule has 0 aliphatic carbocycles. The zero-order chi connectivity index (χ0) is 19.7. The third kappa shape index (κ3) is 3.89. The zero-order valence-corrected chi connectivity index (χ0v) is 15.4. The number of alkyl halides is 3. The van der Waals surface area contributed by atoms with Crippen molar-refractivity contribution in [2.75, 3.05) is 19.6 Å². The Balaban J connectivity index is 1.36. The molecule has 6 nitrogen and oxygen atoms in total. The van der Waals surface area contributed by atoms with Crippen molar-refractivity contribution >= 4 is 5.91 Å². The van der Waals surface area contributed by atoms with E-state index in [-0.39, 0.29) is 18.2 Å². The van der Waals surface area contributed by atoms with Crippen LogP contribution in [-0.4, -0.2) is 45.2 Å². The summed E-state index contributed by atoms with van der Waals surface area (Å²) in [6.45, 7) is 3.64. The van der Waals surface area contributed by atoms with Crippen LogP contribution in [0.1, 0.15) is 41.5 Å². The molecular formula is C19H22F3N5O. The Bertz CT molecular complexity index is 855. The Labute approximate surface area is 160 Å². The smallest absolute Gasteiger partial charge is 0.342 e. The Morgan fingerprint density at radius 3 is 2.71 bits per heavy atom. The molecule has 28 heavy (non-hydrogen) atoms. The van der Waals surface area contributed by atoms with E-state index in [1.54, 1.807) is 11.0 Å².